The van der Waals surface area contributed by atoms with Gasteiger partial charge in [0.2, 0.25) is 10.0 Å². The van der Waals surface area contributed by atoms with Crippen LogP contribution >= 0.6 is 31.9 Å². The molecule has 5 nitrogen and oxygen atoms in total. The Labute approximate surface area is 128 Å². The van der Waals surface area contributed by atoms with Gasteiger partial charge >= 0.3 is 0 Å². The molecule has 0 aliphatic heterocycles. The molecule has 0 aliphatic rings. The number of rotatable bonds is 4. The van der Waals surface area contributed by atoms with E-state index in [0.717, 1.165) is 4.47 Å². The lowest BCUT2D eigenvalue weighted by Crippen LogP contribution is -2.23. The van der Waals surface area contributed by atoms with Crippen molar-refractivity contribution in [2.45, 2.75) is 11.4 Å². The predicted molar refractivity (Wildman–Crippen MR) is 79.1 cm³/mol. The van der Waals surface area contributed by atoms with Crippen LogP contribution < -0.4 is 4.72 Å². The van der Waals surface area contributed by atoms with E-state index in [2.05, 4.69) is 41.7 Å². The van der Waals surface area contributed by atoms with E-state index >= 15 is 0 Å². The molecule has 0 fully saturated rings. The van der Waals surface area contributed by atoms with Gasteiger partial charge in [0.25, 0.3) is 0 Å². The van der Waals surface area contributed by atoms with Crippen LogP contribution in [0.25, 0.3) is 0 Å². The van der Waals surface area contributed by atoms with Crippen LogP contribution in [0.4, 0.5) is 0 Å². The highest BCUT2D eigenvalue weighted by molar-refractivity contribution is 9.11. The molecule has 0 unspecified atom stereocenters. The second-order valence-corrected chi connectivity index (χ2v) is 7.39. The molecule has 102 valence electrons. The van der Waals surface area contributed by atoms with Crippen molar-refractivity contribution < 1.29 is 8.42 Å². The first-order valence-corrected chi connectivity index (χ1v) is 8.38. The molecule has 0 saturated carbocycles. The average molecular weight is 409 g/mol. The lowest BCUT2D eigenvalue weighted by molar-refractivity contribution is 0.579. The summed E-state index contributed by atoms with van der Waals surface area (Å²) in [6, 6.07) is 6.67. The first kappa shape index (κ1) is 14.7. The second-order valence-electron chi connectivity index (χ2n) is 3.88. The zero-order valence-electron chi connectivity index (χ0n) is 9.97. The maximum Gasteiger partial charge on any atom is 0.242 e. The summed E-state index contributed by atoms with van der Waals surface area (Å²) < 4.78 is 29.8. The van der Waals surface area contributed by atoms with E-state index in [1.807, 2.05) is 0 Å². The first-order chi connectivity index (χ1) is 8.88. The Kier molecular flexibility index (Phi) is 4.44. The molecule has 0 aliphatic carbocycles. The zero-order chi connectivity index (χ0) is 14.0. The van der Waals surface area contributed by atoms with Gasteiger partial charge in [-0.2, -0.15) is 5.10 Å². The van der Waals surface area contributed by atoms with Gasteiger partial charge in [0, 0.05) is 22.2 Å². The van der Waals surface area contributed by atoms with Crippen molar-refractivity contribution in [1.82, 2.24) is 14.5 Å². The van der Waals surface area contributed by atoms with Gasteiger partial charge in [0.1, 0.15) is 0 Å². The minimum absolute atomic E-state index is 0.158. The second kappa shape index (κ2) is 5.74. The zero-order valence-corrected chi connectivity index (χ0v) is 14.0. The summed E-state index contributed by atoms with van der Waals surface area (Å²) in [5, 5.41) is 4.11. The van der Waals surface area contributed by atoms with Gasteiger partial charge in [-0.25, -0.2) is 13.1 Å². The minimum Gasteiger partial charge on any atom is -0.276 e. The molecule has 19 heavy (non-hydrogen) atoms. The molecular formula is C11H11Br2N3O2S. The van der Waals surface area contributed by atoms with E-state index in [1.165, 1.54) is 6.07 Å². The van der Waals surface area contributed by atoms with Crippen molar-refractivity contribution >= 4 is 41.9 Å². The summed E-state index contributed by atoms with van der Waals surface area (Å²) in [5.74, 6) is 0. The number of aryl methyl sites for hydroxylation is 1. The summed E-state index contributed by atoms with van der Waals surface area (Å²) >= 11 is 6.53. The Morgan fingerprint density at radius 2 is 2.05 bits per heavy atom. The highest BCUT2D eigenvalue weighted by Crippen LogP contribution is 2.25. The van der Waals surface area contributed by atoms with Gasteiger partial charge in [-0.15, -0.1) is 0 Å². The summed E-state index contributed by atoms with van der Waals surface area (Å²) in [6.45, 7) is 0.158. The molecule has 0 spiro atoms. The number of aromatic nitrogens is 2. The summed E-state index contributed by atoms with van der Waals surface area (Å²) in [5.41, 5.74) is 0.666. The fourth-order valence-electron chi connectivity index (χ4n) is 1.50. The molecule has 0 bridgehead atoms. The van der Waals surface area contributed by atoms with Crippen molar-refractivity contribution in [3.63, 3.8) is 0 Å². The highest BCUT2D eigenvalue weighted by Gasteiger charge is 2.17. The molecule has 0 amide bonds. The third-order valence-corrected chi connectivity index (χ3v) is 5.27. The fraction of sp³-hybridized carbons (Fsp3) is 0.182. The van der Waals surface area contributed by atoms with Gasteiger partial charge in [-0.3, -0.25) is 4.68 Å². The standard InChI is InChI=1S/C11H11Br2N3O2S/c1-16-5-4-9(15-16)7-14-19(17,18)11-3-2-8(12)6-10(11)13/h2-6,14H,7H2,1H3. The van der Waals surface area contributed by atoms with Crippen LogP contribution in [0.3, 0.4) is 0 Å². The monoisotopic (exact) mass is 407 g/mol. The Bertz CT molecular complexity index is 698. The molecular weight excluding hydrogens is 398 g/mol. The predicted octanol–water partition coefficient (Wildman–Crippen LogP) is 2.42. The summed E-state index contributed by atoms with van der Waals surface area (Å²) in [7, 11) is -1.78. The van der Waals surface area contributed by atoms with Crippen LogP contribution in [0.15, 0.2) is 44.3 Å². The number of sulfonamides is 1. The summed E-state index contributed by atoms with van der Waals surface area (Å²) in [4.78, 5) is 0.201. The number of nitrogens with one attached hydrogen (secondary N) is 1. The van der Waals surface area contributed by atoms with Gasteiger partial charge in [0.15, 0.2) is 0 Å². The van der Waals surface area contributed by atoms with E-state index in [0.29, 0.717) is 10.2 Å². The van der Waals surface area contributed by atoms with E-state index < -0.39 is 10.0 Å². The van der Waals surface area contributed by atoms with Crippen molar-refractivity contribution in [2.75, 3.05) is 0 Å². The molecule has 1 aromatic carbocycles. The lowest BCUT2D eigenvalue weighted by Gasteiger charge is -2.07. The normalized spacial score (nSPS) is 11.7. The molecule has 0 radical (unpaired) electrons. The molecule has 1 heterocycles. The number of benzene rings is 1. The van der Waals surface area contributed by atoms with Crippen LogP contribution in [-0.2, 0) is 23.6 Å². The number of hydrogen-bond acceptors (Lipinski definition) is 3. The number of halogens is 2. The van der Waals surface area contributed by atoms with Gasteiger partial charge in [0.05, 0.1) is 17.1 Å². The van der Waals surface area contributed by atoms with Gasteiger partial charge in [-0.05, 0) is 40.2 Å². The van der Waals surface area contributed by atoms with E-state index in [4.69, 9.17) is 0 Å². The largest absolute Gasteiger partial charge is 0.276 e. The number of hydrogen-bond donors (Lipinski definition) is 1. The Hall–Kier alpha value is -0.700. The summed E-state index contributed by atoms with van der Waals surface area (Å²) in [6.07, 6.45) is 1.76. The topological polar surface area (TPSA) is 64.0 Å². The van der Waals surface area contributed by atoms with Gasteiger partial charge < -0.3 is 0 Å². The molecule has 2 rings (SSSR count). The third kappa shape index (κ3) is 3.65. The Morgan fingerprint density at radius 1 is 1.32 bits per heavy atom. The highest BCUT2D eigenvalue weighted by atomic mass is 79.9. The molecule has 0 atom stereocenters. The molecule has 1 aromatic heterocycles. The van der Waals surface area contributed by atoms with Crippen LogP contribution in [0.2, 0.25) is 0 Å². The molecule has 2 aromatic rings. The molecule has 1 N–H and O–H groups in total. The van der Waals surface area contributed by atoms with E-state index in [1.54, 1.807) is 36.1 Å². The maximum atomic E-state index is 12.2. The third-order valence-electron chi connectivity index (χ3n) is 2.40. The van der Waals surface area contributed by atoms with Crippen LogP contribution in [0.1, 0.15) is 5.69 Å². The Balaban J connectivity index is 2.18. The minimum atomic E-state index is -3.56. The van der Waals surface area contributed by atoms with E-state index in [-0.39, 0.29) is 11.4 Å². The SMILES string of the molecule is Cn1ccc(CNS(=O)(=O)c2ccc(Br)cc2Br)n1. The van der Waals surface area contributed by atoms with Crippen molar-refractivity contribution in [1.29, 1.82) is 0 Å². The fourth-order valence-corrected chi connectivity index (χ4v) is 4.24. The van der Waals surface area contributed by atoms with Crippen molar-refractivity contribution in [3.8, 4) is 0 Å². The maximum absolute atomic E-state index is 12.2. The molecule has 0 saturated heterocycles. The van der Waals surface area contributed by atoms with E-state index in [9.17, 15) is 8.42 Å². The lowest BCUT2D eigenvalue weighted by atomic mass is 10.4. The Morgan fingerprint density at radius 3 is 2.63 bits per heavy atom. The number of nitrogens with zero attached hydrogens (tertiary/aromatic N) is 2. The van der Waals surface area contributed by atoms with Crippen LogP contribution in [-0.4, -0.2) is 18.2 Å². The average Bonchev–Trinajstić information content (AvgIpc) is 2.72. The van der Waals surface area contributed by atoms with Crippen LogP contribution in [0.5, 0.6) is 0 Å². The molecule has 8 heteroatoms. The first-order valence-electron chi connectivity index (χ1n) is 5.32. The van der Waals surface area contributed by atoms with Gasteiger partial charge in [-0.1, -0.05) is 15.9 Å². The van der Waals surface area contributed by atoms with Crippen LogP contribution in [0, 0.1) is 0 Å². The van der Waals surface area contributed by atoms with Crippen molar-refractivity contribution in [2.24, 2.45) is 7.05 Å². The van der Waals surface area contributed by atoms with Crippen molar-refractivity contribution in [3.05, 3.63) is 45.1 Å². The quantitative estimate of drug-likeness (QED) is 0.844. The smallest absolute Gasteiger partial charge is 0.242 e.